The topological polar surface area (TPSA) is 60.7 Å². The maximum Gasteiger partial charge on any atom is 0.184 e. The van der Waals surface area contributed by atoms with E-state index in [0.29, 0.717) is 5.82 Å². The van der Waals surface area contributed by atoms with Crippen LogP contribution in [0.2, 0.25) is 0 Å². The molecule has 0 atom stereocenters. The smallest absolute Gasteiger partial charge is 0.184 e. The number of rotatable bonds is 3. The number of tetrazole rings is 1. The van der Waals surface area contributed by atoms with Gasteiger partial charge in [-0.2, -0.15) is 0 Å². The molecule has 0 spiro atoms. The van der Waals surface area contributed by atoms with Gasteiger partial charge in [-0.1, -0.05) is 6.07 Å². The van der Waals surface area contributed by atoms with Gasteiger partial charge < -0.3 is 0 Å². The van der Waals surface area contributed by atoms with Crippen LogP contribution in [0.25, 0.3) is 0 Å². The lowest BCUT2D eigenvalue weighted by atomic mass is 9.92. The summed E-state index contributed by atoms with van der Waals surface area (Å²) in [5, 5.41) is 11.2. The van der Waals surface area contributed by atoms with Crippen molar-refractivity contribution in [2.45, 2.75) is 41.2 Å². The highest BCUT2D eigenvalue weighted by Gasteiger charge is 2.17. The van der Waals surface area contributed by atoms with Crippen LogP contribution in [0.1, 0.15) is 38.4 Å². The average molecular weight is 258 g/mol. The Balaban J connectivity index is 2.42. The van der Waals surface area contributed by atoms with Crippen LogP contribution in [-0.2, 0) is 6.54 Å². The lowest BCUT2D eigenvalue weighted by Gasteiger charge is -2.14. The minimum Gasteiger partial charge on any atom is -0.292 e. The maximum atomic E-state index is 12.5. The third-order valence-corrected chi connectivity index (χ3v) is 3.65. The molecule has 0 bridgehead atoms. The summed E-state index contributed by atoms with van der Waals surface area (Å²) < 4.78 is 1.53. The van der Waals surface area contributed by atoms with Crippen LogP contribution in [0.3, 0.4) is 0 Å². The van der Waals surface area contributed by atoms with Gasteiger partial charge in [0.1, 0.15) is 12.4 Å². The first-order valence-corrected chi connectivity index (χ1v) is 6.25. The summed E-state index contributed by atoms with van der Waals surface area (Å²) in [7, 11) is 0. The van der Waals surface area contributed by atoms with Crippen LogP contribution in [0.4, 0.5) is 0 Å². The summed E-state index contributed by atoms with van der Waals surface area (Å²) in [6.07, 6.45) is 0. The van der Waals surface area contributed by atoms with E-state index in [0.717, 1.165) is 27.8 Å². The molecule has 1 aromatic heterocycles. The number of carbonyl (C=O) groups is 1. The first-order valence-electron chi connectivity index (χ1n) is 6.25. The Morgan fingerprint density at radius 1 is 1.11 bits per heavy atom. The Morgan fingerprint density at radius 3 is 2.16 bits per heavy atom. The fourth-order valence-electron chi connectivity index (χ4n) is 2.25. The summed E-state index contributed by atoms with van der Waals surface area (Å²) in [6, 6.07) is 2.11. The van der Waals surface area contributed by atoms with Crippen molar-refractivity contribution in [3.63, 3.8) is 0 Å². The standard InChI is InChI=1S/C14H18N4O/c1-8-6-9(2)11(4)14(10(8)3)13(19)7-18-12(5)15-16-17-18/h6H,7H2,1-5H3. The van der Waals surface area contributed by atoms with Gasteiger partial charge in [-0.15, -0.1) is 5.10 Å². The van der Waals surface area contributed by atoms with Gasteiger partial charge in [-0.3, -0.25) is 4.79 Å². The molecule has 5 heteroatoms. The molecule has 1 aromatic carbocycles. The van der Waals surface area contributed by atoms with Crippen LogP contribution >= 0.6 is 0 Å². The highest BCUT2D eigenvalue weighted by Crippen LogP contribution is 2.22. The lowest BCUT2D eigenvalue weighted by molar-refractivity contribution is 0.0964. The van der Waals surface area contributed by atoms with Crippen molar-refractivity contribution < 1.29 is 4.79 Å². The molecule has 100 valence electrons. The Hall–Kier alpha value is -2.04. The van der Waals surface area contributed by atoms with E-state index in [-0.39, 0.29) is 12.3 Å². The van der Waals surface area contributed by atoms with Gasteiger partial charge in [-0.25, -0.2) is 4.68 Å². The van der Waals surface area contributed by atoms with Crippen LogP contribution in [0.15, 0.2) is 6.07 Å². The number of nitrogens with zero attached hydrogens (tertiary/aromatic N) is 4. The van der Waals surface area contributed by atoms with Gasteiger partial charge in [0.05, 0.1) is 0 Å². The number of hydrogen-bond acceptors (Lipinski definition) is 4. The highest BCUT2D eigenvalue weighted by atomic mass is 16.1. The van der Waals surface area contributed by atoms with Gasteiger partial charge in [0.2, 0.25) is 0 Å². The summed E-state index contributed by atoms with van der Waals surface area (Å²) in [4.78, 5) is 12.5. The minimum atomic E-state index is 0.0530. The second-order valence-electron chi connectivity index (χ2n) is 4.94. The molecule has 0 radical (unpaired) electrons. The van der Waals surface area contributed by atoms with Crippen molar-refractivity contribution in [1.29, 1.82) is 0 Å². The molecule has 19 heavy (non-hydrogen) atoms. The molecule has 0 saturated carbocycles. The number of carbonyl (C=O) groups excluding carboxylic acids is 1. The van der Waals surface area contributed by atoms with Crippen LogP contribution in [0, 0.1) is 34.6 Å². The van der Waals surface area contributed by atoms with Crippen LogP contribution < -0.4 is 0 Å². The minimum absolute atomic E-state index is 0.0530. The number of benzene rings is 1. The quantitative estimate of drug-likeness (QED) is 0.791. The molecule has 2 aromatic rings. The predicted molar refractivity (Wildman–Crippen MR) is 72.3 cm³/mol. The van der Waals surface area contributed by atoms with Gasteiger partial charge >= 0.3 is 0 Å². The number of ketones is 1. The number of Topliss-reactive ketones (excluding diaryl/α,β-unsaturated/α-hetero) is 1. The van der Waals surface area contributed by atoms with E-state index in [4.69, 9.17) is 0 Å². The summed E-state index contributed by atoms with van der Waals surface area (Å²) in [5.41, 5.74) is 5.16. The molecule has 0 amide bonds. The van der Waals surface area contributed by atoms with E-state index in [9.17, 15) is 4.79 Å². The Bertz CT molecular complexity index is 617. The zero-order chi connectivity index (χ0) is 14.2. The van der Waals surface area contributed by atoms with Crippen molar-refractivity contribution >= 4 is 5.78 Å². The molecule has 0 aliphatic rings. The second kappa shape index (κ2) is 4.91. The van der Waals surface area contributed by atoms with Crippen LogP contribution in [0.5, 0.6) is 0 Å². The fraction of sp³-hybridized carbons (Fsp3) is 0.429. The molecular formula is C14H18N4O. The SMILES string of the molecule is Cc1cc(C)c(C)c(C(=O)Cn2nnnc2C)c1C. The fourth-order valence-corrected chi connectivity index (χ4v) is 2.25. The normalized spacial score (nSPS) is 10.8. The molecule has 2 rings (SSSR count). The first-order chi connectivity index (χ1) is 8.91. The summed E-state index contributed by atoms with van der Waals surface area (Å²) in [5.74, 6) is 0.699. The van der Waals surface area contributed by atoms with Crippen molar-refractivity contribution in [3.8, 4) is 0 Å². The molecule has 0 unspecified atom stereocenters. The van der Waals surface area contributed by atoms with Gasteiger partial charge in [-0.05, 0) is 67.3 Å². The molecule has 0 aliphatic carbocycles. The Kier molecular flexibility index (Phi) is 3.46. The van der Waals surface area contributed by atoms with Gasteiger partial charge in [0.15, 0.2) is 5.78 Å². The first kappa shape index (κ1) is 13.4. The third-order valence-electron chi connectivity index (χ3n) is 3.65. The number of hydrogen-bond donors (Lipinski definition) is 0. The molecule has 5 nitrogen and oxygen atoms in total. The second-order valence-corrected chi connectivity index (χ2v) is 4.94. The van der Waals surface area contributed by atoms with Gasteiger partial charge in [0, 0.05) is 5.56 Å². The van der Waals surface area contributed by atoms with E-state index in [1.165, 1.54) is 4.68 Å². The van der Waals surface area contributed by atoms with Crippen molar-refractivity contribution in [2.75, 3.05) is 0 Å². The summed E-state index contributed by atoms with van der Waals surface area (Å²) in [6.45, 7) is 10.0. The monoisotopic (exact) mass is 258 g/mol. The predicted octanol–water partition coefficient (Wildman–Crippen LogP) is 2.10. The number of aromatic nitrogens is 4. The van der Waals surface area contributed by atoms with Crippen LogP contribution in [-0.4, -0.2) is 26.0 Å². The highest BCUT2D eigenvalue weighted by molar-refractivity contribution is 5.99. The van der Waals surface area contributed by atoms with E-state index < -0.39 is 0 Å². The lowest BCUT2D eigenvalue weighted by Crippen LogP contribution is -2.16. The van der Waals surface area contributed by atoms with E-state index in [1.807, 2.05) is 27.7 Å². The maximum absolute atomic E-state index is 12.5. The van der Waals surface area contributed by atoms with Crippen molar-refractivity contribution in [3.05, 3.63) is 39.7 Å². The van der Waals surface area contributed by atoms with Crippen molar-refractivity contribution in [2.24, 2.45) is 0 Å². The van der Waals surface area contributed by atoms with Crippen molar-refractivity contribution in [1.82, 2.24) is 20.2 Å². The third kappa shape index (κ3) is 2.41. The molecule has 1 heterocycles. The van der Waals surface area contributed by atoms with E-state index >= 15 is 0 Å². The summed E-state index contributed by atoms with van der Waals surface area (Å²) >= 11 is 0. The Morgan fingerprint density at radius 2 is 1.68 bits per heavy atom. The molecular weight excluding hydrogens is 240 g/mol. The Labute approximate surface area is 112 Å². The zero-order valence-corrected chi connectivity index (χ0v) is 12.0. The van der Waals surface area contributed by atoms with Gasteiger partial charge in [0.25, 0.3) is 0 Å². The largest absolute Gasteiger partial charge is 0.292 e. The van der Waals surface area contributed by atoms with E-state index in [2.05, 4.69) is 21.6 Å². The molecule has 0 aliphatic heterocycles. The average Bonchev–Trinajstić information content (AvgIpc) is 2.73. The molecule has 0 fully saturated rings. The zero-order valence-electron chi connectivity index (χ0n) is 12.0. The molecule has 0 saturated heterocycles. The molecule has 0 N–H and O–H groups in total. The number of aryl methyl sites for hydroxylation is 3. The van der Waals surface area contributed by atoms with E-state index in [1.54, 1.807) is 6.92 Å².